The lowest BCUT2D eigenvalue weighted by molar-refractivity contribution is 0.105. The zero-order valence-corrected chi connectivity index (χ0v) is 12.5. The molecule has 6 heteroatoms. The van der Waals surface area contributed by atoms with Gasteiger partial charge in [-0.1, -0.05) is 12.8 Å². The van der Waals surface area contributed by atoms with E-state index in [4.69, 9.17) is 4.74 Å². The summed E-state index contributed by atoms with van der Waals surface area (Å²) < 4.78 is 5.47. The molecule has 1 aromatic heterocycles. The molecule has 0 amide bonds. The van der Waals surface area contributed by atoms with E-state index in [-0.39, 0.29) is 12.1 Å². The van der Waals surface area contributed by atoms with Crippen LogP contribution in [0.1, 0.15) is 32.6 Å². The van der Waals surface area contributed by atoms with E-state index >= 15 is 0 Å². The van der Waals surface area contributed by atoms with Crippen molar-refractivity contribution in [2.24, 2.45) is 0 Å². The monoisotopic (exact) mass is 280 g/mol. The summed E-state index contributed by atoms with van der Waals surface area (Å²) in [6.07, 6.45) is 5.27. The predicted molar refractivity (Wildman–Crippen MR) is 79.4 cm³/mol. The summed E-state index contributed by atoms with van der Waals surface area (Å²) in [6, 6.07) is 0.0852. The van der Waals surface area contributed by atoms with Crippen molar-refractivity contribution in [3.8, 4) is 5.75 Å². The van der Waals surface area contributed by atoms with Crippen molar-refractivity contribution in [3.05, 3.63) is 6.33 Å². The van der Waals surface area contributed by atoms with Crippen molar-refractivity contribution in [3.63, 3.8) is 0 Å². The van der Waals surface area contributed by atoms with E-state index in [2.05, 4.69) is 15.3 Å². The van der Waals surface area contributed by atoms with Crippen molar-refractivity contribution in [1.29, 1.82) is 0 Å². The second kappa shape index (κ2) is 6.74. The average Bonchev–Trinajstić information content (AvgIpc) is 2.47. The van der Waals surface area contributed by atoms with Crippen LogP contribution in [-0.2, 0) is 0 Å². The van der Waals surface area contributed by atoms with Gasteiger partial charge in [0.1, 0.15) is 6.33 Å². The topological polar surface area (TPSA) is 70.5 Å². The number of aliphatic hydroxyl groups excluding tert-OH is 1. The van der Waals surface area contributed by atoms with Crippen LogP contribution in [0.2, 0.25) is 0 Å². The molecule has 0 aliphatic heterocycles. The fourth-order valence-corrected chi connectivity index (χ4v) is 2.80. The van der Waals surface area contributed by atoms with Gasteiger partial charge in [0.25, 0.3) is 0 Å². The summed E-state index contributed by atoms with van der Waals surface area (Å²) in [5.41, 5.74) is 0. The summed E-state index contributed by atoms with van der Waals surface area (Å²) in [6.45, 7) is 2.78. The van der Waals surface area contributed by atoms with Crippen molar-refractivity contribution in [1.82, 2.24) is 9.97 Å². The molecular weight excluding hydrogens is 256 g/mol. The van der Waals surface area contributed by atoms with E-state index in [1.54, 1.807) is 7.11 Å². The molecule has 112 valence electrons. The normalized spacial score (nSPS) is 22.4. The Morgan fingerprint density at radius 1 is 1.40 bits per heavy atom. The van der Waals surface area contributed by atoms with E-state index in [1.165, 1.54) is 6.33 Å². The summed E-state index contributed by atoms with van der Waals surface area (Å²) in [4.78, 5) is 10.6. The van der Waals surface area contributed by atoms with Gasteiger partial charge in [0.15, 0.2) is 11.6 Å². The van der Waals surface area contributed by atoms with Gasteiger partial charge in [-0.25, -0.2) is 9.97 Å². The molecule has 0 saturated heterocycles. The van der Waals surface area contributed by atoms with Gasteiger partial charge in [0.2, 0.25) is 5.75 Å². The van der Waals surface area contributed by atoms with Gasteiger partial charge in [-0.05, 0) is 19.8 Å². The van der Waals surface area contributed by atoms with Crippen LogP contribution < -0.4 is 15.0 Å². The molecule has 1 aliphatic rings. The van der Waals surface area contributed by atoms with E-state index in [1.807, 2.05) is 18.9 Å². The number of anilines is 2. The summed E-state index contributed by atoms with van der Waals surface area (Å²) in [5, 5.41) is 13.4. The summed E-state index contributed by atoms with van der Waals surface area (Å²) >= 11 is 0. The number of hydrogen-bond donors (Lipinski definition) is 2. The molecule has 20 heavy (non-hydrogen) atoms. The van der Waals surface area contributed by atoms with Gasteiger partial charge in [-0.3, -0.25) is 0 Å². The zero-order chi connectivity index (χ0) is 14.5. The van der Waals surface area contributed by atoms with E-state index in [0.29, 0.717) is 11.6 Å². The number of hydrogen-bond acceptors (Lipinski definition) is 6. The first-order valence-electron chi connectivity index (χ1n) is 7.22. The van der Waals surface area contributed by atoms with Crippen LogP contribution in [0.5, 0.6) is 5.75 Å². The number of rotatable bonds is 5. The minimum absolute atomic E-state index is 0.0852. The van der Waals surface area contributed by atoms with Crippen LogP contribution in [0.3, 0.4) is 0 Å². The summed E-state index contributed by atoms with van der Waals surface area (Å²) in [7, 11) is 3.58. The fraction of sp³-hybridized carbons (Fsp3) is 0.714. The third kappa shape index (κ3) is 2.95. The number of aliphatic hydroxyl groups is 1. The SMILES string of the molecule is CCNc1ncnc(N(C)C2CCCCC2O)c1OC. The Kier molecular flexibility index (Phi) is 5.00. The Hall–Kier alpha value is -1.56. The Bertz CT molecular complexity index is 441. The third-order valence-electron chi connectivity index (χ3n) is 3.86. The largest absolute Gasteiger partial charge is 0.490 e. The van der Waals surface area contributed by atoms with Crippen molar-refractivity contribution in [2.75, 3.05) is 30.9 Å². The minimum atomic E-state index is -0.309. The highest BCUT2D eigenvalue weighted by Crippen LogP contribution is 2.34. The number of methoxy groups -OCH3 is 1. The molecule has 1 heterocycles. The highest BCUT2D eigenvalue weighted by atomic mass is 16.5. The maximum absolute atomic E-state index is 10.2. The number of aromatic nitrogens is 2. The van der Waals surface area contributed by atoms with Crippen LogP contribution in [0, 0.1) is 0 Å². The quantitative estimate of drug-likeness (QED) is 0.854. The zero-order valence-electron chi connectivity index (χ0n) is 12.5. The highest BCUT2D eigenvalue weighted by molar-refractivity contribution is 5.64. The Morgan fingerprint density at radius 3 is 2.80 bits per heavy atom. The number of likely N-dealkylation sites (N-methyl/N-ethyl adjacent to an activating group) is 1. The van der Waals surface area contributed by atoms with Crippen LogP contribution in [0.4, 0.5) is 11.6 Å². The van der Waals surface area contributed by atoms with Crippen LogP contribution in [-0.4, -0.2) is 47.9 Å². The van der Waals surface area contributed by atoms with E-state index in [9.17, 15) is 5.11 Å². The average molecular weight is 280 g/mol. The lowest BCUT2D eigenvalue weighted by atomic mass is 9.91. The standard InChI is InChI=1S/C14H24N4O2/c1-4-15-13-12(20-3)14(17-9-16-13)18(2)10-7-5-6-8-11(10)19/h9-11,19H,4-8H2,1-3H3,(H,15,16,17). The molecule has 1 saturated carbocycles. The van der Waals surface area contributed by atoms with E-state index < -0.39 is 0 Å². The molecule has 1 fully saturated rings. The highest BCUT2D eigenvalue weighted by Gasteiger charge is 2.29. The predicted octanol–water partition coefficient (Wildman–Crippen LogP) is 1.66. The molecule has 2 rings (SSSR count). The lowest BCUT2D eigenvalue weighted by Crippen LogP contribution is -2.44. The second-order valence-electron chi connectivity index (χ2n) is 5.14. The second-order valence-corrected chi connectivity index (χ2v) is 5.14. The molecule has 2 atom stereocenters. The first-order valence-corrected chi connectivity index (χ1v) is 7.22. The number of nitrogens with one attached hydrogen (secondary N) is 1. The van der Waals surface area contributed by atoms with Crippen molar-refractivity contribution < 1.29 is 9.84 Å². The van der Waals surface area contributed by atoms with Gasteiger partial charge < -0.3 is 20.1 Å². The van der Waals surface area contributed by atoms with Crippen molar-refractivity contribution >= 4 is 11.6 Å². The minimum Gasteiger partial charge on any atom is -0.490 e. The number of ether oxygens (including phenoxy) is 1. The molecule has 1 aromatic rings. The molecule has 0 radical (unpaired) electrons. The smallest absolute Gasteiger partial charge is 0.204 e. The van der Waals surface area contributed by atoms with Gasteiger partial charge in [0, 0.05) is 13.6 Å². The first kappa shape index (κ1) is 14.8. The van der Waals surface area contributed by atoms with E-state index in [0.717, 1.165) is 38.0 Å². The first-order chi connectivity index (χ1) is 9.69. The molecule has 2 unspecified atom stereocenters. The molecular formula is C14H24N4O2. The van der Waals surface area contributed by atoms with Crippen LogP contribution in [0.15, 0.2) is 6.33 Å². The van der Waals surface area contributed by atoms with Gasteiger partial charge in [-0.15, -0.1) is 0 Å². The van der Waals surface area contributed by atoms with Crippen molar-refractivity contribution in [2.45, 2.75) is 44.8 Å². The fourth-order valence-electron chi connectivity index (χ4n) is 2.80. The van der Waals surface area contributed by atoms with Gasteiger partial charge in [-0.2, -0.15) is 0 Å². The van der Waals surface area contributed by atoms with Gasteiger partial charge >= 0.3 is 0 Å². The van der Waals surface area contributed by atoms with Crippen LogP contribution in [0.25, 0.3) is 0 Å². The van der Waals surface area contributed by atoms with Crippen LogP contribution >= 0.6 is 0 Å². The molecule has 0 spiro atoms. The third-order valence-corrected chi connectivity index (χ3v) is 3.86. The lowest BCUT2D eigenvalue weighted by Gasteiger charge is -2.36. The molecule has 0 aromatic carbocycles. The summed E-state index contributed by atoms with van der Waals surface area (Å²) in [5.74, 6) is 2.05. The maximum atomic E-state index is 10.2. The Labute approximate surface area is 120 Å². The van der Waals surface area contributed by atoms with Gasteiger partial charge in [0.05, 0.1) is 19.3 Å². The Balaban J connectivity index is 2.28. The molecule has 6 nitrogen and oxygen atoms in total. The number of nitrogens with zero attached hydrogens (tertiary/aromatic N) is 3. The Morgan fingerprint density at radius 2 is 2.15 bits per heavy atom. The molecule has 0 bridgehead atoms. The molecule has 1 aliphatic carbocycles. The molecule has 2 N–H and O–H groups in total. The maximum Gasteiger partial charge on any atom is 0.204 e.